The Morgan fingerprint density at radius 2 is 1.42 bits per heavy atom. The van der Waals surface area contributed by atoms with Gasteiger partial charge in [0.2, 0.25) is 0 Å². The molecule has 0 aliphatic carbocycles. The van der Waals surface area contributed by atoms with Crippen LogP contribution in [0.3, 0.4) is 0 Å². The third kappa shape index (κ3) is 9.00. The van der Waals surface area contributed by atoms with Crippen LogP contribution in [0.4, 0.5) is 0 Å². The molecule has 0 aliphatic heterocycles. The summed E-state index contributed by atoms with van der Waals surface area (Å²) in [6.07, 6.45) is 1.59. The zero-order valence-corrected chi connectivity index (χ0v) is 26.8. The van der Waals surface area contributed by atoms with E-state index in [1.54, 1.807) is 33.5 Å². The van der Waals surface area contributed by atoms with Crippen molar-refractivity contribution in [3.8, 4) is 28.7 Å². The summed E-state index contributed by atoms with van der Waals surface area (Å²) in [5, 5.41) is 0. The molecule has 0 radical (unpaired) electrons. The number of aryl methyl sites for hydroxylation is 2. The fourth-order valence-corrected chi connectivity index (χ4v) is 5.13. The van der Waals surface area contributed by atoms with E-state index in [9.17, 15) is 4.79 Å². The molecule has 4 aromatic rings. The van der Waals surface area contributed by atoms with E-state index in [0.717, 1.165) is 29.5 Å². The molecule has 8 heteroatoms. The maximum atomic E-state index is 12.3. The highest BCUT2D eigenvalue weighted by Gasteiger charge is 2.28. The lowest BCUT2D eigenvalue weighted by Gasteiger charge is -2.29. The lowest BCUT2D eigenvalue weighted by atomic mass is 9.96. The summed E-state index contributed by atoms with van der Waals surface area (Å²) >= 11 is 0. The molecule has 2 unspecified atom stereocenters. The molecule has 0 amide bonds. The second-order valence-electron chi connectivity index (χ2n) is 10.6. The summed E-state index contributed by atoms with van der Waals surface area (Å²) in [6.45, 7) is 3.96. The SMILES string of the molecule is COCOC(c1cc(OC)c(C)c(OC)c1)C(CCCc1ccccc1)Oc1ccc(Oc2cc(C)ccc2C(=O)OC)cc1. The van der Waals surface area contributed by atoms with Crippen LogP contribution in [0.25, 0.3) is 0 Å². The topological polar surface area (TPSA) is 81.7 Å². The molecule has 0 aliphatic rings. The third-order valence-electron chi connectivity index (χ3n) is 7.48. The maximum absolute atomic E-state index is 12.3. The van der Waals surface area contributed by atoms with Gasteiger partial charge in [0.05, 0.1) is 21.3 Å². The maximum Gasteiger partial charge on any atom is 0.341 e. The smallest absolute Gasteiger partial charge is 0.341 e. The average molecular weight is 615 g/mol. The molecular weight excluding hydrogens is 572 g/mol. The van der Waals surface area contributed by atoms with Gasteiger partial charge in [-0.3, -0.25) is 0 Å². The average Bonchev–Trinajstić information content (AvgIpc) is 3.06. The van der Waals surface area contributed by atoms with Crippen molar-refractivity contribution in [2.75, 3.05) is 35.2 Å². The van der Waals surface area contributed by atoms with Crippen LogP contribution in [0.1, 0.15) is 51.6 Å². The number of methoxy groups -OCH3 is 4. The van der Waals surface area contributed by atoms with Gasteiger partial charge in [0.25, 0.3) is 0 Å². The summed E-state index contributed by atoms with van der Waals surface area (Å²) in [5.41, 5.74) is 4.32. The zero-order valence-electron chi connectivity index (χ0n) is 26.8. The van der Waals surface area contributed by atoms with E-state index in [2.05, 4.69) is 12.1 Å². The van der Waals surface area contributed by atoms with Gasteiger partial charge in [0, 0.05) is 12.7 Å². The van der Waals surface area contributed by atoms with Gasteiger partial charge < -0.3 is 33.2 Å². The number of hydrogen-bond acceptors (Lipinski definition) is 8. The molecule has 2 atom stereocenters. The largest absolute Gasteiger partial charge is 0.496 e. The van der Waals surface area contributed by atoms with Gasteiger partial charge in [-0.15, -0.1) is 0 Å². The number of rotatable bonds is 16. The molecule has 0 saturated heterocycles. The van der Waals surface area contributed by atoms with Crippen LogP contribution in [0.15, 0.2) is 84.9 Å². The molecule has 0 aromatic heterocycles. The second-order valence-corrected chi connectivity index (χ2v) is 10.6. The fraction of sp³-hybridized carbons (Fsp3) is 0.324. The quantitative estimate of drug-likeness (QED) is 0.0927. The molecule has 0 saturated carbocycles. The molecule has 45 heavy (non-hydrogen) atoms. The van der Waals surface area contributed by atoms with Crippen molar-refractivity contribution >= 4 is 5.97 Å². The van der Waals surface area contributed by atoms with Gasteiger partial charge in [-0.2, -0.15) is 0 Å². The van der Waals surface area contributed by atoms with Crippen molar-refractivity contribution in [1.82, 2.24) is 0 Å². The molecule has 4 rings (SSSR count). The summed E-state index contributed by atoms with van der Waals surface area (Å²) in [5.74, 6) is 2.55. The van der Waals surface area contributed by atoms with Crippen molar-refractivity contribution in [3.05, 3.63) is 113 Å². The van der Waals surface area contributed by atoms with Gasteiger partial charge in [-0.25, -0.2) is 4.79 Å². The number of carbonyl (C=O) groups is 1. The van der Waals surface area contributed by atoms with Gasteiger partial charge in [0.1, 0.15) is 53.3 Å². The first-order valence-corrected chi connectivity index (χ1v) is 14.9. The third-order valence-corrected chi connectivity index (χ3v) is 7.48. The predicted octanol–water partition coefficient (Wildman–Crippen LogP) is 8.03. The number of carbonyl (C=O) groups excluding carboxylic acids is 1. The molecular formula is C37H42O8. The fourth-order valence-electron chi connectivity index (χ4n) is 5.13. The molecule has 8 nitrogen and oxygen atoms in total. The number of ether oxygens (including phenoxy) is 7. The van der Waals surface area contributed by atoms with Crippen LogP contribution in [-0.4, -0.2) is 47.3 Å². The molecule has 0 bridgehead atoms. The Kier molecular flexibility index (Phi) is 12.2. The zero-order chi connectivity index (χ0) is 32.2. The van der Waals surface area contributed by atoms with Crippen LogP contribution in [0.5, 0.6) is 28.7 Å². The minimum absolute atomic E-state index is 0.0769. The van der Waals surface area contributed by atoms with E-state index < -0.39 is 12.1 Å². The second kappa shape index (κ2) is 16.5. The van der Waals surface area contributed by atoms with Gasteiger partial charge in [-0.1, -0.05) is 36.4 Å². The summed E-state index contributed by atoms with van der Waals surface area (Å²) in [6, 6.07) is 26.9. The Morgan fingerprint density at radius 1 is 0.756 bits per heavy atom. The van der Waals surface area contributed by atoms with E-state index in [1.165, 1.54) is 12.7 Å². The van der Waals surface area contributed by atoms with Gasteiger partial charge in [-0.05, 0) is 98.3 Å². The minimum Gasteiger partial charge on any atom is -0.496 e. The molecule has 238 valence electrons. The van der Waals surface area contributed by atoms with Crippen molar-refractivity contribution < 1.29 is 38.0 Å². The molecule has 0 N–H and O–H groups in total. The van der Waals surface area contributed by atoms with Crippen LogP contribution < -0.4 is 18.9 Å². The first-order chi connectivity index (χ1) is 21.9. The van der Waals surface area contributed by atoms with Crippen LogP contribution in [0, 0.1) is 13.8 Å². The van der Waals surface area contributed by atoms with Gasteiger partial charge in [0.15, 0.2) is 0 Å². The van der Waals surface area contributed by atoms with Crippen LogP contribution in [0.2, 0.25) is 0 Å². The van der Waals surface area contributed by atoms with Crippen LogP contribution in [-0.2, 0) is 20.6 Å². The lowest BCUT2D eigenvalue weighted by molar-refractivity contribution is -0.110. The van der Waals surface area contributed by atoms with Crippen molar-refractivity contribution in [2.24, 2.45) is 0 Å². The number of hydrogen-bond donors (Lipinski definition) is 0. The van der Waals surface area contributed by atoms with E-state index in [-0.39, 0.29) is 12.9 Å². The van der Waals surface area contributed by atoms with Crippen molar-refractivity contribution in [1.29, 1.82) is 0 Å². The summed E-state index contributed by atoms with van der Waals surface area (Å²) in [7, 11) is 6.22. The van der Waals surface area contributed by atoms with Gasteiger partial charge >= 0.3 is 5.97 Å². The normalized spacial score (nSPS) is 12.2. The number of benzene rings is 4. The highest BCUT2D eigenvalue weighted by molar-refractivity contribution is 5.92. The van der Waals surface area contributed by atoms with E-state index in [0.29, 0.717) is 40.7 Å². The van der Waals surface area contributed by atoms with Crippen LogP contribution >= 0.6 is 0 Å². The highest BCUT2D eigenvalue weighted by atomic mass is 16.7. The standard InChI is InChI=1S/C37H42O8/c1-25-15-20-31(37(38)42-6)35(21-25)45-30-18-16-29(17-19-30)44-32(14-10-13-27-11-8-7-9-12-27)36(43-24-39-3)28-22-33(40-4)26(2)34(23-28)41-5/h7-9,11-12,15-23,32,36H,10,13-14,24H2,1-6H3. The Labute approximate surface area is 265 Å². The van der Waals surface area contributed by atoms with E-state index in [1.807, 2.05) is 74.5 Å². The molecule has 0 fully saturated rings. The Morgan fingerprint density at radius 3 is 2.04 bits per heavy atom. The molecule has 0 spiro atoms. The van der Waals surface area contributed by atoms with E-state index >= 15 is 0 Å². The summed E-state index contributed by atoms with van der Waals surface area (Å²) < 4.78 is 40.6. The monoisotopic (exact) mass is 614 g/mol. The van der Waals surface area contributed by atoms with Crippen molar-refractivity contribution in [2.45, 2.75) is 45.3 Å². The predicted molar refractivity (Wildman–Crippen MR) is 173 cm³/mol. The first-order valence-electron chi connectivity index (χ1n) is 14.9. The highest BCUT2D eigenvalue weighted by Crippen LogP contribution is 2.37. The molecule has 4 aromatic carbocycles. The van der Waals surface area contributed by atoms with E-state index in [4.69, 9.17) is 33.2 Å². The first kappa shape index (κ1) is 33.4. The van der Waals surface area contributed by atoms with Crippen molar-refractivity contribution in [3.63, 3.8) is 0 Å². The Balaban J connectivity index is 1.62. The lowest BCUT2D eigenvalue weighted by Crippen LogP contribution is -2.28. The Hall–Kier alpha value is -4.53. The molecule has 0 heterocycles. The number of esters is 1. The minimum atomic E-state index is -0.491. The Bertz CT molecular complexity index is 1490. The summed E-state index contributed by atoms with van der Waals surface area (Å²) in [4.78, 5) is 12.3.